The second kappa shape index (κ2) is 8.10. The molecule has 1 aromatic heterocycles. The van der Waals surface area contributed by atoms with Crippen LogP contribution in [0.25, 0.3) is 10.8 Å². The Morgan fingerprint density at radius 3 is 2.46 bits per heavy atom. The van der Waals surface area contributed by atoms with E-state index in [-0.39, 0.29) is 11.6 Å². The van der Waals surface area contributed by atoms with E-state index in [1.54, 1.807) is 31.2 Å². The third-order valence-corrected chi connectivity index (χ3v) is 4.00. The zero-order chi connectivity index (χ0) is 19.3. The molecule has 0 saturated carbocycles. The van der Waals surface area contributed by atoms with Crippen molar-refractivity contribution in [2.45, 2.75) is 26.3 Å². The number of aromatic amines is 1. The van der Waals surface area contributed by atoms with E-state index in [4.69, 9.17) is 5.73 Å². The summed E-state index contributed by atoms with van der Waals surface area (Å²) in [5.74, 6) is -1.54. The molecule has 0 saturated heterocycles. The molecular weight excluding hydrogens is 340 g/mol. The number of hydrazine groups is 1. The number of urea groups is 1. The van der Waals surface area contributed by atoms with Gasteiger partial charge in [-0.05, 0) is 12.0 Å². The number of nitrogens with two attached hydrogens (primary N) is 1. The molecule has 0 aliphatic heterocycles. The Balaban J connectivity index is 2.15. The average Bonchev–Trinajstić information content (AvgIpc) is 2.63. The zero-order valence-corrected chi connectivity index (χ0v) is 14.3. The molecule has 0 radical (unpaired) electrons. The van der Waals surface area contributed by atoms with Gasteiger partial charge in [0.1, 0.15) is 6.04 Å². The van der Waals surface area contributed by atoms with Crippen LogP contribution in [0.3, 0.4) is 0 Å². The molecule has 0 spiro atoms. The van der Waals surface area contributed by atoms with Gasteiger partial charge in [0, 0.05) is 5.39 Å². The van der Waals surface area contributed by atoms with Crippen molar-refractivity contribution in [1.82, 2.24) is 26.4 Å². The number of nitrogens with one attached hydrogen (secondary N) is 4. The minimum absolute atomic E-state index is 0.0524. The smallest absolute Gasteiger partial charge is 0.312 e. The molecule has 4 amide bonds. The predicted molar refractivity (Wildman–Crippen MR) is 93.9 cm³/mol. The molecule has 1 heterocycles. The molecule has 2 atom stereocenters. The van der Waals surface area contributed by atoms with Crippen LogP contribution < -0.4 is 27.5 Å². The molecular formula is C16H20N6O4. The van der Waals surface area contributed by atoms with E-state index >= 15 is 0 Å². The summed E-state index contributed by atoms with van der Waals surface area (Å²) in [6.07, 6.45) is 0.610. The fraction of sp³-hybridized carbons (Fsp3) is 0.312. The molecule has 6 N–H and O–H groups in total. The molecule has 0 aliphatic carbocycles. The Morgan fingerprint density at radius 2 is 1.85 bits per heavy atom. The maximum absolute atomic E-state index is 12.3. The largest absolute Gasteiger partial charge is 0.352 e. The standard InChI is InChI=1S/C16H20N6O4/c1-3-8(2)11(18-16(17)26)14(24)21-22-15(25)12-9-6-4-5-7-10(9)13(23)20-19-12/h4-8,11H,3H2,1-2H3,(H,20,23)(H,21,24)(H,22,25)(H3,17,18,26). The normalized spacial score (nSPS) is 12.8. The van der Waals surface area contributed by atoms with Crippen molar-refractivity contribution in [1.29, 1.82) is 0 Å². The van der Waals surface area contributed by atoms with Gasteiger partial charge in [-0.15, -0.1) is 0 Å². The van der Waals surface area contributed by atoms with Crippen LogP contribution in [0.4, 0.5) is 4.79 Å². The van der Waals surface area contributed by atoms with Gasteiger partial charge in [-0.25, -0.2) is 9.89 Å². The summed E-state index contributed by atoms with van der Waals surface area (Å²) in [5, 5.41) is 8.96. The fourth-order valence-electron chi connectivity index (χ4n) is 2.40. The molecule has 0 fully saturated rings. The van der Waals surface area contributed by atoms with Crippen molar-refractivity contribution in [3.63, 3.8) is 0 Å². The van der Waals surface area contributed by atoms with Crippen LogP contribution in [0.5, 0.6) is 0 Å². The fourth-order valence-corrected chi connectivity index (χ4v) is 2.40. The van der Waals surface area contributed by atoms with Crippen LogP contribution >= 0.6 is 0 Å². The maximum Gasteiger partial charge on any atom is 0.312 e. The minimum atomic E-state index is -0.905. The van der Waals surface area contributed by atoms with Crippen LogP contribution in [0.2, 0.25) is 0 Å². The van der Waals surface area contributed by atoms with Crippen LogP contribution in [-0.4, -0.2) is 34.1 Å². The summed E-state index contributed by atoms with van der Waals surface area (Å²) >= 11 is 0. The summed E-state index contributed by atoms with van der Waals surface area (Å²) in [5.41, 5.74) is 9.07. The van der Waals surface area contributed by atoms with Gasteiger partial charge in [0.05, 0.1) is 5.39 Å². The zero-order valence-electron chi connectivity index (χ0n) is 14.3. The Morgan fingerprint density at radius 1 is 1.19 bits per heavy atom. The van der Waals surface area contributed by atoms with Gasteiger partial charge in [-0.1, -0.05) is 38.5 Å². The molecule has 138 valence electrons. The number of aromatic nitrogens is 2. The second-order valence-electron chi connectivity index (χ2n) is 5.76. The highest BCUT2D eigenvalue weighted by Gasteiger charge is 2.26. The lowest BCUT2D eigenvalue weighted by atomic mass is 9.99. The van der Waals surface area contributed by atoms with Gasteiger partial charge in [-0.2, -0.15) is 5.10 Å². The molecule has 0 bridgehead atoms. The van der Waals surface area contributed by atoms with Crippen molar-refractivity contribution in [2.24, 2.45) is 11.7 Å². The van der Waals surface area contributed by atoms with E-state index in [2.05, 4.69) is 26.4 Å². The first kappa shape index (κ1) is 18.9. The van der Waals surface area contributed by atoms with Gasteiger partial charge in [-0.3, -0.25) is 25.2 Å². The molecule has 26 heavy (non-hydrogen) atoms. The van der Waals surface area contributed by atoms with Crippen LogP contribution in [0.15, 0.2) is 29.1 Å². The van der Waals surface area contributed by atoms with Gasteiger partial charge >= 0.3 is 6.03 Å². The molecule has 2 aromatic rings. The first-order valence-corrected chi connectivity index (χ1v) is 7.98. The number of primary amides is 1. The summed E-state index contributed by atoms with van der Waals surface area (Å²) in [6, 6.07) is 4.70. The molecule has 1 aromatic carbocycles. The van der Waals surface area contributed by atoms with Crippen molar-refractivity contribution < 1.29 is 14.4 Å². The maximum atomic E-state index is 12.3. The first-order chi connectivity index (χ1) is 12.3. The van der Waals surface area contributed by atoms with E-state index in [9.17, 15) is 19.2 Å². The Hall–Kier alpha value is -3.43. The number of hydrogen-bond donors (Lipinski definition) is 5. The average molecular weight is 360 g/mol. The molecule has 10 nitrogen and oxygen atoms in total. The lowest BCUT2D eigenvalue weighted by Gasteiger charge is -2.22. The number of fused-ring (bicyclic) bond motifs is 1. The molecule has 10 heteroatoms. The second-order valence-corrected chi connectivity index (χ2v) is 5.76. The number of carbonyl (C=O) groups is 3. The minimum Gasteiger partial charge on any atom is -0.352 e. The van der Waals surface area contributed by atoms with E-state index in [0.29, 0.717) is 17.2 Å². The van der Waals surface area contributed by atoms with Crippen molar-refractivity contribution in [3.8, 4) is 0 Å². The lowest BCUT2D eigenvalue weighted by molar-refractivity contribution is -0.124. The number of nitrogens with zero attached hydrogens (tertiary/aromatic N) is 1. The third kappa shape index (κ3) is 4.15. The Kier molecular flexibility index (Phi) is 5.89. The van der Waals surface area contributed by atoms with Gasteiger partial charge in [0.15, 0.2) is 5.69 Å². The van der Waals surface area contributed by atoms with Gasteiger partial charge in [0.25, 0.3) is 17.4 Å². The van der Waals surface area contributed by atoms with E-state index < -0.39 is 29.4 Å². The van der Waals surface area contributed by atoms with Crippen LogP contribution in [-0.2, 0) is 4.79 Å². The predicted octanol–water partition coefficient (Wildman–Crippen LogP) is -0.233. The number of H-pyrrole nitrogens is 1. The molecule has 2 rings (SSSR count). The molecule has 0 aliphatic rings. The third-order valence-electron chi connectivity index (χ3n) is 4.00. The number of hydrogen-bond acceptors (Lipinski definition) is 5. The highest BCUT2D eigenvalue weighted by molar-refractivity contribution is 6.05. The van der Waals surface area contributed by atoms with Crippen molar-refractivity contribution in [3.05, 3.63) is 40.3 Å². The summed E-state index contributed by atoms with van der Waals surface area (Å²) < 4.78 is 0. The Labute approximate surface area is 148 Å². The van der Waals surface area contributed by atoms with Gasteiger partial charge < -0.3 is 11.1 Å². The highest BCUT2D eigenvalue weighted by atomic mass is 16.2. The summed E-state index contributed by atoms with van der Waals surface area (Å²) in [7, 11) is 0. The monoisotopic (exact) mass is 360 g/mol. The van der Waals surface area contributed by atoms with Crippen LogP contribution in [0.1, 0.15) is 30.8 Å². The molecule has 2 unspecified atom stereocenters. The van der Waals surface area contributed by atoms with Crippen molar-refractivity contribution in [2.75, 3.05) is 0 Å². The lowest BCUT2D eigenvalue weighted by Crippen LogP contribution is -2.55. The van der Waals surface area contributed by atoms with E-state index in [1.807, 2.05) is 6.92 Å². The quantitative estimate of drug-likeness (QED) is 0.465. The topological polar surface area (TPSA) is 159 Å². The van der Waals surface area contributed by atoms with E-state index in [0.717, 1.165) is 0 Å². The van der Waals surface area contributed by atoms with E-state index in [1.165, 1.54) is 0 Å². The number of amides is 4. The van der Waals surface area contributed by atoms with Crippen molar-refractivity contribution >= 4 is 28.6 Å². The SMILES string of the molecule is CCC(C)C(NC(N)=O)C(=O)NNC(=O)c1n[nH]c(=O)c2ccccc12. The highest BCUT2D eigenvalue weighted by Crippen LogP contribution is 2.12. The summed E-state index contributed by atoms with van der Waals surface area (Å²) in [4.78, 5) is 47.4. The number of benzene rings is 1. The number of carbonyl (C=O) groups excluding carboxylic acids is 3. The van der Waals surface area contributed by atoms with Gasteiger partial charge in [0.2, 0.25) is 0 Å². The summed E-state index contributed by atoms with van der Waals surface area (Å²) in [6.45, 7) is 3.61. The van der Waals surface area contributed by atoms with Crippen LogP contribution in [0, 0.1) is 5.92 Å². The first-order valence-electron chi connectivity index (χ1n) is 7.98. The number of rotatable bonds is 5. The Bertz CT molecular complexity index is 894.